The van der Waals surface area contributed by atoms with Gasteiger partial charge >= 0.3 is 25.0 Å². The molecule has 0 fully saturated rings. The summed E-state index contributed by atoms with van der Waals surface area (Å²) in [7, 11) is 0. The molecule has 0 aromatic rings. The van der Waals surface area contributed by atoms with Crippen molar-refractivity contribution in [1.29, 1.82) is 0 Å². The van der Waals surface area contributed by atoms with Crippen LogP contribution in [-0.2, 0) is 0 Å². The summed E-state index contributed by atoms with van der Waals surface area (Å²) in [5, 5.41) is 0. The van der Waals surface area contributed by atoms with Gasteiger partial charge in [-0.3, -0.25) is 0 Å². The average Bonchev–Trinajstić information content (AvgIpc) is 1.35. The van der Waals surface area contributed by atoms with Crippen molar-refractivity contribution in [2.45, 2.75) is 12.6 Å². The van der Waals surface area contributed by atoms with Crippen LogP contribution in [0.5, 0.6) is 0 Å². The van der Waals surface area contributed by atoms with Crippen molar-refractivity contribution in [3.8, 4) is 0 Å². The van der Waals surface area contributed by atoms with E-state index in [1.807, 2.05) is 0 Å². The molecule has 0 spiro atoms. The molecule has 0 nitrogen and oxygen atoms in total. The Morgan fingerprint density at radius 1 is 1.29 bits per heavy atom. The summed E-state index contributed by atoms with van der Waals surface area (Å²) in [5.41, 5.74) is 0. The molecule has 0 aliphatic carbocycles. The first-order valence-electron chi connectivity index (χ1n) is 1.42. The summed E-state index contributed by atoms with van der Waals surface area (Å²) < 4.78 is 32.2. The van der Waals surface area contributed by atoms with Gasteiger partial charge in [0.2, 0.25) is 0 Å². The quantitative estimate of drug-likeness (QED) is 0.267. The molecule has 0 aliphatic rings. The maximum absolute atomic E-state index is 10.7. The van der Waals surface area contributed by atoms with Gasteiger partial charge in [0.05, 0.1) is 0 Å². The molecular weight excluding hydrogens is 100.0 g/mol. The minimum atomic E-state index is -4.07. The third kappa shape index (κ3) is 10.7. The molecule has 0 saturated carbocycles. The van der Waals surface area contributed by atoms with Crippen LogP contribution in [0.2, 0.25) is 0 Å². The average molecular weight is 104 g/mol. The topological polar surface area (TPSA) is 0 Å². The Labute approximate surface area is 52.3 Å². The fraction of sp³-hybridized carbons (Fsp3) is 0.667. The molecule has 0 amide bonds. The first kappa shape index (κ1) is 10.4. The normalized spacial score (nSPS) is 10.3. The summed E-state index contributed by atoms with van der Waals surface area (Å²) in [5.74, 6) is 0. The van der Waals surface area contributed by atoms with Gasteiger partial charge in [0, 0.05) is 0 Å². The van der Waals surface area contributed by atoms with Gasteiger partial charge in [-0.2, -0.15) is 13.2 Å². The molecule has 0 saturated heterocycles. The molecule has 0 bridgehead atoms. The predicted octanol–water partition coefficient (Wildman–Crippen LogP) is -1.22. The van der Waals surface area contributed by atoms with Gasteiger partial charge in [0.1, 0.15) is 0 Å². The molecule has 0 rings (SSSR count). The van der Waals surface area contributed by atoms with E-state index in [1.54, 1.807) is 0 Å². The van der Waals surface area contributed by atoms with Gasteiger partial charge in [0.15, 0.2) is 0 Å². The van der Waals surface area contributed by atoms with Crippen LogP contribution in [0.3, 0.4) is 0 Å². The summed E-state index contributed by atoms with van der Waals surface area (Å²) in [4.78, 5) is 0. The molecule has 7 heavy (non-hydrogen) atoms. The number of hydrogen-bond donors (Lipinski definition) is 0. The van der Waals surface area contributed by atoms with Crippen molar-refractivity contribution in [3.63, 3.8) is 0 Å². The molecule has 0 N–H and O–H groups in total. The van der Waals surface area contributed by atoms with Crippen molar-refractivity contribution >= 4 is 0 Å². The van der Waals surface area contributed by atoms with Crippen LogP contribution in [-0.4, -0.2) is 6.18 Å². The van der Waals surface area contributed by atoms with Crippen molar-refractivity contribution in [2.75, 3.05) is 0 Å². The van der Waals surface area contributed by atoms with Crippen molar-refractivity contribution in [3.05, 3.63) is 6.92 Å². The van der Waals surface area contributed by atoms with Crippen LogP contribution in [0.1, 0.15) is 6.42 Å². The maximum Gasteiger partial charge on any atom is 1.00 e. The Kier molecular flexibility index (Phi) is 5.04. The van der Waals surface area contributed by atoms with E-state index in [2.05, 4.69) is 6.92 Å². The van der Waals surface area contributed by atoms with Gasteiger partial charge in [-0.15, -0.1) is 0 Å². The van der Waals surface area contributed by atoms with E-state index in [9.17, 15) is 13.2 Å². The Morgan fingerprint density at radius 2 is 1.43 bits per heavy atom. The minimum Gasteiger partial charge on any atom is -0.335 e. The number of alkyl halides is 3. The first-order chi connectivity index (χ1) is 2.56. The Morgan fingerprint density at radius 3 is 1.43 bits per heavy atom. The van der Waals surface area contributed by atoms with E-state index >= 15 is 0 Å². The summed E-state index contributed by atoms with van der Waals surface area (Å²) >= 11 is 0. The van der Waals surface area contributed by atoms with Crippen LogP contribution in [0.4, 0.5) is 13.2 Å². The maximum atomic E-state index is 10.7. The van der Waals surface area contributed by atoms with Crippen LogP contribution < -0.4 is 18.9 Å². The smallest absolute Gasteiger partial charge is 0.335 e. The summed E-state index contributed by atoms with van der Waals surface area (Å²) in [6.45, 7) is 2.63. The Bertz CT molecular complexity index is 39.9. The fourth-order valence-electron chi connectivity index (χ4n) is 0. The van der Waals surface area contributed by atoms with Crippen molar-refractivity contribution in [2.24, 2.45) is 0 Å². The third-order valence-electron chi connectivity index (χ3n) is 0.283. The van der Waals surface area contributed by atoms with Crippen LogP contribution in [0.15, 0.2) is 0 Å². The fourth-order valence-corrected chi connectivity index (χ4v) is 0. The van der Waals surface area contributed by atoms with Crippen molar-refractivity contribution < 1.29 is 32.0 Å². The van der Waals surface area contributed by atoms with E-state index in [0.717, 1.165) is 0 Å². The van der Waals surface area contributed by atoms with Crippen LogP contribution >= 0.6 is 0 Å². The second-order valence-corrected chi connectivity index (χ2v) is 0.865. The molecule has 38 valence electrons. The zero-order valence-corrected chi connectivity index (χ0v) is 4.05. The van der Waals surface area contributed by atoms with E-state index in [-0.39, 0.29) is 18.9 Å². The van der Waals surface area contributed by atoms with E-state index < -0.39 is 12.6 Å². The molecule has 0 unspecified atom stereocenters. The third-order valence-corrected chi connectivity index (χ3v) is 0.283. The molecule has 0 aliphatic heterocycles. The molecule has 4 heteroatoms. The molecule has 0 atom stereocenters. The second kappa shape index (κ2) is 3.40. The first-order valence-corrected chi connectivity index (χ1v) is 1.42. The van der Waals surface area contributed by atoms with Gasteiger partial charge in [-0.1, -0.05) is 6.42 Å². The number of rotatable bonds is 0. The Balaban J connectivity index is 0. The van der Waals surface area contributed by atoms with E-state index in [1.165, 1.54) is 0 Å². The van der Waals surface area contributed by atoms with Gasteiger partial charge in [0.25, 0.3) is 0 Å². The SMILES string of the molecule is [CH2-]CC(F)(F)F.[Li+]. The summed E-state index contributed by atoms with van der Waals surface area (Å²) in [6, 6.07) is 0. The monoisotopic (exact) mass is 104 g/mol. The zero-order valence-electron chi connectivity index (χ0n) is 4.05. The second-order valence-electron chi connectivity index (χ2n) is 0.865. The molecular formula is C3H4F3Li. The summed E-state index contributed by atoms with van der Waals surface area (Å²) in [6.07, 6.45) is -5.05. The number of hydrogen-bond acceptors (Lipinski definition) is 0. The van der Waals surface area contributed by atoms with Gasteiger partial charge in [-0.05, 0) is 0 Å². The van der Waals surface area contributed by atoms with E-state index in [0.29, 0.717) is 0 Å². The minimum absolute atomic E-state index is 0. The van der Waals surface area contributed by atoms with Gasteiger partial charge < -0.3 is 6.92 Å². The molecule has 0 radical (unpaired) electrons. The molecule has 0 heterocycles. The zero-order chi connectivity index (χ0) is 5.21. The standard InChI is InChI=1S/C3H4F3.Li/c1-2-3(4,5)6;/h1-2H2;/q-1;+1. The van der Waals surface area contributed by atoms with Crippen LogP contribution in [0.25, 0.3) is 0 Å². The largest absolute Gasteiger partial charge is 1.00 e. The van der Waals surface area contributed by atoms with Crippen LogP contribution in [0, 0.1) is 6.92 Å². The molecule has 0 aromatic heterocycles. The Hall–Kier alpha value is 0.387. The van der Waals surface area contributed by atoms with Gasteiger partial charge in [-0.25, -0.2) is 0 Å². The number of halogens is 3. The predicted molar refractivity (Wildman–Crippen MR) is 16.0 cm³/mol. The van der Waals surface area contributed by atoms with E-state index in [4.69, 9.17) is 0 Å². The molecule has 0 aromatic carbocycles. The van der Waals surface area contributed by atoms with Crippen molar-refractivity contribution in [1.82, 2.24) is 0 Å².